The molecule has 0 aromatic heterocycles. The van der Waals surface area contributed by atoms with Crippen LogP contribution >= 0.6 is 15.9 Å². The Bertz CT molecular complexity index is 510. The largest absolute Gasteiger partial charge is 0.467 e. The standard InChI is InChI=1S/C14H15BrO4/c1-10(16)9-14(18,13(17)19-2)7-6-11-4-3-5-12(15)8-11/h3-8,18H,9H2,1-2H3/b7-6+/t14-/m1/s1. The fraction of sp³-hybridized carbons (Fsp3) is 0.286. The molecule has 0 bridgehead atoms. The second-order valence-corrected chi connectivity index (χ2v) is 5.10. The van der Waals surface area contributed by atoms with Gasteiger partial charge in [0, 0.05) is 10.9 Å². The van der Waals surface area contributed by atoms with Gasteiger partial charge in [0.05, 0.1) is 7.11 Å². The summed E-state index contributed by atoms with van der Waals surface area (Å²) in [5, 5.41) is 10.2. The number of carbonyl (C=O) groups excluding carboxylic acids is 2. The highest BCUT2D eigenvalue weighted by atomic mass is 79.9. The van der Waals surface area contributed by atoms with E-state index in [-0.39, 0.29) is 12.2 Å². The van der Waals surface area contributed by atoms with E-state index in [4.69, 9.17) is 0 Å². The summed E-state index contributed by atoms with van der Waals surface area (Å²) in [6, 6.07) is 7.32. The molecule has 0 radical (unpaired) electrons. The lowest BCUT2D eigenvalue weighted by atomic mass is 9.96. The Morgan fingerprint density at radius 2 is 2.16 bits per heavy atom. The molecule has 4 nitrogen and oxygen atoms in total. The quantitative estimate of drug-likeness (QED) is 0.843. The van der Waals surface area contributed by atoms with Crippen LogP contribution in [-0.4, -0.2) is 29.6 Å². The summed E-state index contributed by atoms with van der Waals surface area (Å²) in [6.07, 6.45) is 2.54. The number of rotatable bonds is 5. The number of esters is 1. The maximum atomic E-state index is 11.6. The molecule has 19 heavy (non-hydrogen) atoms. The number of ether oxygens (including phenoxy) is 1. The monoisotopic (exact) mass is 326 g/mol. The fourth-order valence-electron chi connectivity index (χ4n) is 1.60. The molecule has 0 aliphatic rings. The highest BCUT2D eigenvalue weighted by molar-refractivity contribution is 9.10. The summed E-state index contributed by atoms with van der Waals surface area (Å²) in [5.41, 5.74) is -1.14. The minimum atomic E-state index is -1.93. The smallest absolute Gasteiger partial charge is 0.342 e. The summed E-state index contributed by atoms with van der Waals surface area (Å²) < 4.78 is 5.40. The first-order valence-electron chi connectivity index (χ1n) is 5.62. The van der Waals surface area contributed by atoms with Crippen molar-refractivity contribution in [1.82, 2.24) is 0 Å². The second-order valence-electron chi connectivity index (χ2n) is 4.18. The third-order valence-electron chi connectivity index (χ3n) is 2.46. The second kappa shape index (κ2) is 6.63. The van der Waals surface area contributed by atoms with Gasteiger partial charge in [-0.15, -0.1) is 0 Å². The van der Waals surface area contributed by atoms with Crippen molar-refractivity contribution in [2.75, 3.05) is 7.11 Å². The van der Waals surface area contributed by atoms with E-state index in [2.05, 4.69) is 20.7 Å². The van der Waals surface area contributed by atoms with Crippen molar-refractivity contribution >= 4 is 33.8 Å². The van der Waals surface area contributed by atoms with Gasteiger partial charge in [-0.05, 0) is 30.7 Å². The lowest BCUT2D eigenvalue weighted by molar-refractivity contribution is -0.159. The van der Waals surface area contributed by atoms with Gasteiger partial charge in [-0.2, -0.15) is 0 Å². The van der Waals surface area contributed by atoms with Crippen LogP contribution in [0.5, 0.6) is 0 Å². The minimum absolute atomic E-state index is 0.299. The first kappa shape index (κ1) is 15.6. The van der Waals surface area contributed by atoms with Crippen molar-refractivity contribution < 1.29 is 19.4 Å². The van der Waals surface area contributed by atoms with Crippen LogP contribution in [0, 0.1) is 0 Å². The van der Waals surface area contributed by atoms with Crippen LogP contribution in [0.25, 0.3) is 6.08 Å². The Labute approximate surface area is 120 Å². The third-order valence-corrected chi connectivity index (χ3v) is 2.95. The number of aliphatic hydroxyl groups is 1. The highest BCUT2D eigenvalue weighted by Crippen LogP contribution is 2.19. The average molecular weight is 327 g/mol. The first-order valence-corrected chi connectivity index (χ1v) is 6.42. The summed E-state index contributed by atoms with van der Waals surface area (Å²) in [4.78, 5) is 22.7. The molecule has 0 fully saturated rings. The SMILES string of the molecule is COC(=O)[C@@](O)(/C=C/c1cccc(Br)c1)CC(C)=O. The van der Waals surface area contributed by atoms with Gasteiger partial charge in [0.1, 0.15) is 5.78 Å². The molecule has 1 atom stereocenters. The maximum Gasteiger partial charge on any atom is 0.342 e. The molecule has 1 N–H and O–H groups in total. The Morgan fingerprint density at radius 1 is 1.47 bits per heavy atom. The van der Waals surface area contributed by atoms with Crippen LogP contribution in [0.2, 0.25) is 0 Å². The molecule has 0 spiro atoms. The van der Waals surface area contributed by atoms with Crippen LogP contribution in [0.15, 0.2) is 34.8 Å². The molecular weight excluding hydrogens is 312 g/mol. The molecular formula is C14H15BrO4. The van der Waals surface area contributed by atoms with Crippen LogP contribution in [-0.2, 0) is 14.3 Å². The summed E-state index contributed by atoms with van der Waals surface area (Å²) in [5.74, 6) is -1.15. The first-order chi connectivity index (χ1) is 8.87. The molecule has 102 valence electrons. The van der Waals surface area contributed by atoms with Gasteiger partial charge in [-0.25, -0.2) is 4.79 Å². The number of methoxy groups -OCH3 is 1. The predicted molar refractivity (Wildman–Crippen MR) is 75.4 cm³/mol. The Kier molecular flexibility index (Phi) is 5.44. The van der Waals surface area contributed by atoms with Crippen molar-refractivity contribution in [2.45, 2.75) is 18.9 Å². The van der Waals surface area contributed by atoms with E-state index < -0.39 is 11.6 Å². The van der Waals surface area contributed by atoms with Crippen LogP contribution < -0.4 is 0 Å². The summed E-state index contributed by atoms with van der Waals surface area (Å²) in [6.45, 7) is 1.31. The predicted octanol–water partition coefficient (Wildman–Crippen LogP) is 2.35. The number of carbonyl (C=O) groups is 2. The number of halogens is 1. The van der Waals surface area contributed by atoms with Gasteiger partial charge < -0.3 is 9.84 Å². The van der Waals surface area contributed by atoms with E-state index >= 15 is 0 Å². The molecule has 1 aromatic carbocycles. The zero-order valence-corrected chi connectivity index (χ0v) is 12.3. The van der Waals surface area contributed by atoms with Gasteiger partial charge in [0.25, 0.3) is 0 Å². The average Bonchev–Trinajstić information content (AvgIpc) is 2.34. The molecule has 0 unspecified atom stereocenters. The number of Topliss-reactive ketones (excluding diaryl/α,β-unsaturated/α-hetero) is 1. The van der Waals surface area contributed by atoms with Gasteiger partial charge in [0.2, 0.25) is 0 Å². The zero-order chi connectivity index (χ0) is 14.5. The van der Waals surface area contributed by atoms with Crippen molar-refractivity contribution in [3.63, 3.8) is 0 Å². The molecule has 1 aromatic rings. The molecule has 0 amide bonds. The fourth-order valence-corrected chi connectivity index (χ4v) is 2.02. The van der Waals surface area contributed by atoms with Crippen molar-refractivity contribution in [2.24, 2.45) is 0 Å². The van der Waals surface area contributed by atoms with Crippen molar-refractivity contribution in [3.8, 4) is 0 Å². The summed E-state index contributed by atoms with van der Waals surface area (Å²) in [7, 11) is 1.17. The van der Waals surface area contributed by atoms with E-state index in [0.717, 1.165) is 10.0 Å². The van der Waals surface area contributed by atoms with Crippen molar-refractivity contribution in [3.05, 3.63) is 40.4 Å². The van der Waals surface area contributed by atoms with Crippen LogP contribution in [0.3, 0.4) is 0 Å². The van der Waals surface area contributed by atoms with Gasteiger partial charge >= 0.3 is 5.97 Å². The van der Waals surface area contributed by atoms with Crippen LogP contribution in [0.1, 0.15) is 18.9 Å². The topological polar surface area (TPSA) is 63.6 Å². The molecule has 1 rings (SSSR count). The Hall–Kier alpha value is -1.46. The molecule has 0 heterocycles. The van der Waals surface area contributed by atoms with E-state index in [0.29, 0.717) is 0 Å². The molecule has 0 aliphatic heterocycles. The minimum Gasteiger partial charge on any atom is -0.467 e. The number of hydrogen-bond acceptors (Lipinski definition) is 4. The number of ketones is 1. The van der Waals surface area contributed by atoms with E-state index in [9.17, 15) is 14.7 Å². The maximum absolute atomic E-state index is 11.6. The Balaban J connectivity index is 3.00. The third kappa shape index (κ3) is 4.61. The van der Waals surface area contributed by atoms with Crippen molar-refractivity contribution in [1.29, 1.82) is 0 Å². The zero-order valence-electron chi connectivity index (χ0n) is 10.7. The molecule has 0 aliphatic carbocycles. The highest BCUT2D eigenvalue weighted by Gasteiger charge is 2.35. The van der Waals surface area contributed by atoms with Crippen LogP contribution in [0.4, 0.5) is 0 Å². The number of benzene rings is 1. The van der Waals surface area contributed by atoms with E-state index in [1.807, 2.05) is 24.3 Å². The lowest BCUT2D eigenvalue weighted by Gasteiger charge is -2.20. The summed E-state index contributed by atoms with van der Waals surface area (Å²) >= 11 is 3.32. The van der Waals surface area contributed by atoms with E-state index in [1.165, 1.54) is 20.1 Å². The lowest BCUT2D eigenvalue weighted by Crippen LogP contribution is -2.39. The molecule has 0 saturated carbocycles. The molecule has 5 heteroatoms. The molecule has 0 saturated heterocycles. The van der Waals surface area contributed by atoms with Gasteiger partial charge in [-0.1, -0.05) is 34.1 Å². The van der Waals surface area contributed by atoms with Gasteiger partial charge in [-0.3, -0.25) is 4.79 Å². The number of hydrogen-bond donors (Lipinski definition) is 1. The van der Waals surface area contributed by atoms with E-state index in [1.54, 1.807) is 6.08 Å². The Morgan fingerprint density at radius 3 is 2.68 bits per heavy atom. The normalized spacial score (nSPS) is 14.1. The van der Waals surface area contributed by atoms with Gasteiger partial charge in [0.15, 0.2) is 5.60 Å².